The molecule has 7 heteroatoms. The van der Waals surface area contributed by atoms with Crippen molar-refractivity contribution < 1.29 is 9.18 Å². The summed E-state index contributed by atoms with van der Waals surface area (Å²) in [5, 5.41) is 7.31. The number of nitrogens with one attached hydrogen (secondary N) is 1. The van der Waals surface area contributed by atoms with E-state index in [1.165, 1.54) is 12.4 Å². The summed E-state index contributed by atoms with van der Waals surface area (Å²) in [5.74, 6) is 1.32. The molecule has 1 N–H and O–H groups in total. The van der Waals surface area contributed by atoms with Gasteiger partial charge in [0.15, 0.2) is 0 Å². The normalized spacial score (nSPS) is 19.6. The first-order valence-corrected chi connectivity index (χ1v) is 9.85. The van der Waals surface area contributed by atoms with Crippen LogP contribution in [0.3, 0.4) is 0 Å². The highest BCUT2D eigenvalue weighted by Gasteiger charge is 2.24. The highest BCUT2D eigenvalue weighted by Crippen LogP contribution is 2.35. The van der Waals surface area contributed by atoms with Gasteiger partial charge in [0.1, 0.15) is 12.1 Å². The predicted molar refractivity (Wildman–Crippen MR) is 103 cm³/mol. The minimum absolute atomic E-state index is 0.0103. The summed E-state index contributed by atoms with van der Waals surface area (Å²) in [6.07, 6.45) is 8.34. The van der Waals surface area contributed by atoms with Gasteiger partial charge < -0.3 is 5.32 Å². The number of fused-ring (bicyclic) bond motifs is 1. The van der Waals surface area contributed by atoms with Gasteiger partial charge >= 0.3 is 0 Å². The van der Waals surface area contributed by atoms with Gasteiger partial charge in [-0.3, -0.25) is 4.79 Å². The maximum Gasteiger partial charge on any atom is 0.252 e. The van der Waals surface area contributed by atoms with Crippen LogP contribution in [-0.4, -0.2) is 32.0 Å². The molecular weight excluding hydrogens is 357 g/mol. The van der Waals surface area contributed by atoms with Crippen LogP contribution < -0.4 is 5.32 Å². The summed E-state index contributed by atoms with van der Waals surface area (Å²) in [6.45, 7) is 0.692. The molecule has 1 aromatic carbocycles. The zero-order chi connectivity index (χ0) is 19.3. The van der Waals surface area contributed by atoms with Gasteiger partial charge in [-0.25, -0.2) is 13.9 Å². The Kier molecular flexibility index (Phi) is 5.60. The summed E-state index contributed by atoms with van der Waals surface area (Å²) < 4.78 is 15.5. The van der Waals surface area contributed by atoms with Crippen LogP contribution in [0.1, 0.15) is 49.3 Å². The molecule has 1 saturated carbocycles. The van der Waals surface area contributed by atoms with E-state index in [1.807, 2.05) is 10.6 Å². The topological polar surface area (TPSA) is 72.2 Å². The van der Waals surface area contributed by atoms with Crippen molar-refractivity contribution in [3.63, 3.8) is 0 Å². The Morgan fingerprint density at radius 1 is 1.14 bits per heavy atom. The Balaban J connectivity index is 1.23. The molecule has 28 heavy (non-hydrogen) atoms. The lowest BCUT2D eigenvalue weighted by Gasteiger charge is -2.28. The molecule has 4 rings (SSSR count). The summed E-state index contributed by atoms with van der Waals surface area (Å²) in [5.41, 5.74) is 1.75. The second-order valence-electron chi connectivity index (χ2n) is 7.45. The average Bonchev–Trinajstić information content (AvgIpc) is 3.21. The first-order chi connectivity index (χ1) is 13.7. The van der Waals surface area contributed by atoms with Crippen LogP contribution >= 0.6 is 0 Å². The number of hydrogen-bond donors (Lipinski definition) is 1. The molecule has 0 spiro atoms. The number of carbonyl (C=O) groups is 1. The van der Waals surface area contributed by atoms with E-state index in [0.29, 0.717) is 42.6 Å². The quantitative estimate of drug-likeness (QED) is 0.711. The zero-order valence-electron chi connectivity index (χ0n) is 15.7. The van der Waals surface area contributed by atoms with E-state index in [9.17, 15) is 9.18 Å². The Morgan fingerprint density at radius 2 is 1.96 bits per heavy atom. The molecule has 0 aliphatic heterocycles. The van der Waals surface area contributed by atoms with Crippen molar-refractivity contribution >= 4 is 11.7 Å². The Morgan fingerprint density at radius 3 is 2.79 bits per heavy atom. The van der Waals surface area contributed by atoms with E-state index in [1.54, 1.807) is 24.4 Å². The van der Waals surface area contributed by atoms with Crippen molar-refractivity contribution in [2.24, 2.45) is 5.92 Å². The fourth-order valence-electron chi connectivity index (χ4n) is 4.02. The van der Waals surface area contributed by atoms with Crippen LogP contribution in [0.25, 0.3) is 5.78 Å². The molecule has 3 aromatic rings. The number of carbonyl (C=O) groups excluding carboxylic acids is 1. The minimum atomic E-state index is -0.244. The minimum Gasteiger partial charge on any atom is -0.356 e. The van der Waals surface area contributed by atoms with Crippen LogP contribution in [0.4, 0.5) is 4.39 Å². The van der Waals surface area contributed by atoms with Crippen molar-refractivity contribution in [1.29, 1.82) is 0 Å². The van der Waals surface area contributed by atoms with Crippen molar-refractivity contribution in [2.75, 3.05) is 6.54 Å². The summed E-state index contributed by atoms with van der Waals surface area (Å²) >= 11 is 0. The summed E-state index contributed by atoms with van der Waals surface area (Å²) in [4.78, 5) is 20.5. The fraction of sp³-hybridized carbons (Fsp3) is 0.429. The second-order valence-corrected chi connectivity index (χ2v) is 7.45. The lowest BCUT2D eigenvalue weighted by Crippen LogP contribution is -2.31. The van der Waals surface area contributed by atoms with Gasteiger partial charge in [-0.05, 0) is 55.7 Å². The molecule has 0 saturated heterocycles. The Labute approximate surface area is 163 Å². The predicted octanol–water partition coefficient (Wildman–Crippen LogP) is 3.29. The Hall–Kier alpha value is -2.83. The number of amides is 1. The maximum absolute atomic E-state index is 13.6. The van der Waals surface area contributed by atoms with Gasteiger partial charge in [-0.1, -0.05) is 18.2 Å². The largest absolute Gasteiger partial charge is 0.356 e. The van der Waals surface area contributed by atoms with E-state index in [4.69, 9.17) is 0 Å². The number of halogens is 1. The summed E-state index contributed by atoms with van der Waals surface area (Å²) in [7, 11) is 0. The van der Waals surface area contributed by atoms with Gasteiger partial charge in [0.05, 0.1) is 5.69 Å². The molecule has 0 bridgehead atoms. The fourth-order valence-corrected chi connectivity index (χ4v) is 4.02. The molecule has 6 nitrogen and oxygen atoms in total. The smallest absolute Gasteiger partial charge is 0.252 e. The van der Waals surface area contributed by atoms with E-state index in [2.05, 4.69) is 20.4 Å². The SMILES string of the molecule is O=C(CCc1ccccc1F)NCC1CCC(c2ccnc3ncnn23)CC1. The van der Waals surface area contributed by atoms with Crippen molar-refractivity contribution in [2.45, 2.75) is 44.4 Å². The molecular formula is C21H24FN5O. The van der Waals surface area contributed by atoms with Crippen LogP contribution in [0, 0.1) is 11.7 Å². The first-order valence-electron chi connectivity index (χ1n) is 9.85. The third-order valence-electron chi connectivity index (χ3n) is 5.64. The zero-order valence-corrected chi connectivity index (χ0v) is 15.7. The standard InChI is InChI=1S/C21H24FN5O/c22-18-4-2-1-3-16(18)9-10-20(28)24-13-15-5-7-17(8-6-15)19-11-12-23-21-25-14-26-27(19)21/h1-4,11-12,14-15,17H,5-10,13H2,(H,24,28). The van der Waals surface area contributed by atoms with E-state index < -0.39 is 0 Å². The van der Waals surface area contributed by atoms with Gasteiger partial charge in [0.25, 0.3) is 5.78 Å². The molecule has 1 aliphatic rings. The highest BCUT2D eigenvalue weighted by atomic mass is 19.1. The second kappa shape index (κ2) is 8.46. The van der Waals surface area contributed by atoms with E-state index >= 15 is 0 Å². The van der Waals surface area contributed by atoms with E-state index in [-0.39, 0.29) is 11.7 Å². The molecule has 0 atom stereocenters. The molecule has 0 unspecified atom stereocenters. The van der Waals surface area contributed by atoms with Gasteiger partial charge in [0.2, 0.25) is 5.91 Å². The first kappa shape index (κ1) is 18.5. The lowest BCUT2D eigenvalue weighted by molar-refractivity contribution is -0.121. The molecule has 1 amide bonds. The Bertz CT molecular complexity index is 949. The number of benzene rings is 1. The molecule has 1 aliphatic carbocycles. The number of nitrogens with zero attached hydrogens (tertiary/aromatic N) is 4. The number of aryl methyl sites for hydroxylation is 1. The van der Waals surface area contributed by atoms with Crippen LogP contribution in [0.15, 0.2) is 42.9 Å². The number of hydrogen-bond acceptors (Lipinski definition) is 4. The highest BCUT2D eigenvalue weighted by molar-refractivity contribution is 5.76. The molecule has 1 fully saturated rings. The van der Waals surface area contributed by atoms with Gasteiger partial charge in [-0.15, -0.1) is 0 Å². The third kappa shape index (κ3) is 4.18. The van der Waals surface area contributed by atoms with Crippen molar-refractivity contribution in [3.8, 4) is 0 Å². The summed E-state index contributed by atoms with van der Waals surface area (Å²) in [6, 6.07) is 8.65. The molecule has 0 radical (unpaired) electrons. The lowest BCUT2D eigenvalue weighted by atomic mass is 9.80. The van der Waals surface area contributed by atoms with Gasteiger partial charge in [-0.2, -0.15) is 10.1 Å². The van der Waals surface area contributed by atoms with Crippen molar-refractivity contribution in [3.05, 3.63) is 59.9 Å². The maximum atomic E-state index is 13.6. The van der Waals surface area contributed by atoms with Crippen molar-refractivity contribution in [1.82, 2.24) is 24.9 Å². The van der Waals surface area contributed by atoms with Crippen LogP contribution in [0.5, 0.6) is 0 Å². The monoisotopic (exact) mass is 381 g/mol. The molecule has 2 aromatic heterocycles. The molecule has 2 heterocycles. The number of aromatic nitrogens is 4. The van der Waals surface area contributed by atoms with E-state index in [0.717, 1.165) is 31.4 Å². The van der Waals surface area contributed by atoms with Gasteiger partial charge in [0, 0.05) is 25.1 Å². The van der Waals surface area contributed by atoms with Crippen LogP contribution in [0.2, 0.25) is 0 Å². The number of rotatable bonds is 6. The average molecular weight is 381 g/mol. The molecule has 146 valence electrons. The third-order valence-corrected chi connectivity index (χ3v) is 5.64. The van der Waals surface area contributed by atoms with Crippen LogP contribution in [-0.2, 0) is 11.2 Å².